The van der Waals surface area contributed by atoms with Crippen molar-refractivity contribution in [3.8, 4) is 0 Å². The van der Waals surface area contributed by atoms with Crippen LogP contribution < -0.4 is 5.32 Å². The van der Waals surface area contributed by atoms with Crippen molar-refractivity contribution >= 4 is 17.9 Å². The lowest BCUT2D eigenvalue weighted by atomic mass is 10.0. The zero-order chi connectivity index (χ0) is 15.9. The summed E-state index contributed by atoms with van der Waals surface area (Å²) >= 11 is 0. The van der Waals surface area contributed by atoms with Gasteiger partial charge in [-0.1, -0.05) is 35.9 Å². The minimum Gasteiger partial charge on any atom is -0.341 e. The monoisotopic (exact) mass is 298 g/mol. The molecule has 1 atom stereocenters. The average molecular weight is 298 g/mol. The molecule has 116 valence electrons. The van der Waals surface area contributed by atoms with Crippen LogP contribution in [0.25, 0.3) is 6.08 Å². The number of piperidine rings is 1. The van der Waals surface area contributed by atoms with Crippen molar-refractivity contribution < 1.29 is 9.59 Å². The van der Waals surface area contributed by atoms with E-state index in [1.807, 2.05) is 50.3 Å². The molecule has 4 nitrogen and oxygen atoms in total. The second-order valence-electron chi connectivity index (χ2n) is 5.68. The summed E-state index contributed by atoms with van der Waals surface area (Å²) in [5.74, 6) is -0.249. The molecule has 0 aromatic heterocycles. The molecule has 0 radical (unpaired) electrons. The van der Waals surface area contributed by atoms with Gasteiger partial charge in [-0.15, -0.1) is 0 Å². The van der Waals surface area contributed by atoms with E-state index in [1.165, 1.54) is 6.08 Å². The molecule has 1 aromatic carbocycles. The minimum absolute atomic E-state index is 0.0473. The Hall–Kier alpha value is -2.36. The number of likely N-dealkylation sites (tertiary alicyclic amines) is 1. The van der Waals surface area contributed by atoms with E-state index in [4.69, 9.17) is 0 Å². The summed E-state index contributed by atoms with van der Waals surface area (Å²) in [7, 11) is 0. The summed E-state index contributed by atoms with van der Waals surface area (Å²) in [6.45, 7) is 4.41. The molecule has 1 heterocycles. The molecular formula is C18H22N2O2. The van der Waals surface area contributed by atoms with Gasteiger partial charge in [-0.3, -0.25) is 9.59 Å². The number of rotatable bonds is 4. The van der Waals surface area contributed by atoms with Crippen LogP contribution in [0.2, 0.25) is 0 Å². The molecule has 0 bridgehead atoms. The van der Waals surface area contributed by atoms with Crippen LogP contribution in [0, 0.1) is 0 Å². The number of nitrogens with zero attached hydrogens (tertiary/aromatic N) is 1. The molecule has 1 aromatic rings. The number of nitrogens with one attached hydrogen (secondary N) is 1. The standard InChI is InChI=1S/C18H22N2O2/c1-14(2)13-17(21)19-16-9-6-11-20(18(16)22)12-10-15-7-4-3-5-8-15/h3-5,7-8,10,12-13,16H,6,9,11H2,1-2H3,(H,19,21)/b12-10+. The third-order valence-electron chi connectivity index (χ3n) is 3.46. The fourth-order valence-corrected chi connectivity index (χ4v) is 2.40. The van der Waals surface area contributed by atoms with Gasteiger partial charge in [-0.2, -0.15) is 0 Å². The van der Waals surface area contributed by atoms with Crippen molar-refractivity contribution in [1.82, 2.24) is 10.2 Å². The normalized spacial score (nSPS) is 18.4. The number of allylic oxidation sites excluding steroid dienone is 1. The maximum atomic E-state index is 12.4. The van der Waals surface area contributed by atoms with Gasteiger partial charge in [0, 0.05) is 18.8 Å². The van der Waals surface area contributed by atoms with Crippen LogP contribution in [0.5, 0.6) is 0 Å². The molecule has 1 N–H and O–H groups in total. The Morgan fingerprint density at radius 3 is 2.68 bits per heavy atom. The molecule has 1 unspecified atom stereocenters. The fraction of sp³-hybridized carbons (Fsp3) is 0.333. The fourth-order valence-electron chi connectivity index (χ4n) is 2.40. The number of benzene rings is 1. The molecule has 22 heavy (non-hydrogen) atoms. The molecule has 1 saturated heterocycles. The van der Waals surface area contributed by atoms with Gasteiger partial charge in [-0.05, 0) is 38.3 Å². The summed E-state index contributed by atoms with van der Waals surface area (Å²) in [6, 6.07) is 9.41. The van der Waals surface area contributed by atoms with E-state index in [9.17, 15) is 9.59 Å². The summed E-state index contributed by atoms with van der Waals surface area (Å²) in [4.78, 5) is 25.9. The van der Waals surface area contributed by atoms with Gasteiger partial charge in [0.05, 0.1) is 0 Å². The number of amides is 2. The predicted octanol–water partition coefficient (Wildman–Crippen LogP) is 2.73. The molecule has 1 aliphatic rings. The first kappa shape index (κ1) is 16.0. The SMILES string of the molecule is CC(C)=CC(=O)NC1CCCN(/C=C/c2ccccc2)C1=O. The van der Waals surface area contributed by atoms with E-state index >= 15 is 0 Å². The van der Waals surface area contributed by atoms with E-state index < -0.39 is 6.04 Å². The first-order valence-electron chi connectivity index (χ1n) is 7.55. The average Bonchev–Trinajstić information content (AvgIpc) is 2.48. The van der Waals surface area contributed by atoms with E-state index in [2.05, 4.69) is 5.32 Å². The summed E-state index contributed by atoms with van der Waals surface area (Å²) < 4.78 is 0. The Morgan fingerprint density at radius 1 is 1.27 bits per heavy atom. The van der Waals surface area contributed by atoms with Crippen LogP contribution in [0.15, 0.2) is 48.2 Å². The van der Waals surface area contributed by atoms with Gasteiger partial charge >= 0.3 is 0 Å². The van der Waals surface area contributed by atoms with Crippen molar-refractivity contribution in [2.45, 2.75) is 32.7 Å². The lowest BCUT2D eigenvalue weighted by Gasteiger charge is -2.30. The highest BCUT2D eigenvalue weighted by molar-refractivity contribution is 5.93. The number of carbonyl (C=O) groups excluding carboxylic acids is 2. The summed E-state index contributed by atoms with van der Waals surface area (Å²) in [5, 5.41) is 2.79. The van der Waals surface area contributed by atoms with E-state index in [1.54, 1.807) is 11.1 Å². The van der Waals surface area contributed by atoms with Crippen molar-refractivity contribution in [2.24, 2.45) is 0 Å². The largest absolute Gasteiger partial charge is 0.341 e. The van der Waals surface area contributed by atoms with Gasteiger partial charge < -0.3 is 10.2 Å². The predicted molar refractivity (Wildman–Crippen MR) is 87.8 cm³/mol. The topological polar surface area (TPSA) is 49.4 Å². The molecular weight excluding hydrogens is 276 g/mol. The zero-order valence-corrected chi connectivity index (χ0v) is 13.1. The number of hydrogen-bond donors (Lipinski definition) is 1. The van der Waals surface area contributed by atoms with Crippen LogP contribution in [0.3, 0.4) is 0 Å². The quantitative estimate of drug-likeness (QED) is 0.869. The molecule has 4 heteroatoms. The van der Waals surface area contributed by atoms with Crippen LogP contribution in [0.4, 0.5) is 0 Å². The van der Waals surface area contributed by atoms with Gasteiger partial charge in [0.1, 0.15) is 6.04 Å². The third-order valence-corrected chi connectivity index (χ3v) is 3.46. The highest BCUT2D eigenvalue weighted by atomic mass is 16.2. The van der Waals surface area contributed by atoms with Crippen LogP contribution >= 0.6 is 0 Å². The Morgan fingerprint density at radius 2 is 2.00 bits per heavy atom. The maximum absolute atomic E-state index is 12.4. The molecule has 1 fully saturated rings. The van der Waals surface area contributed by atoms with Crippen molar-refractivity contribution in [3.63, 3.8) is 0 Å². The van der Waals surface area contributed by atoms with Gasteiger partial charge in [0.2, 0.25) is 11.8 Å². The van der Waals surface area contributed by atoms with Crippen LogP contribution in [-0.2, 0) is 9.59 Å². The van der Waals surface area contributed by atoms with Gasteiger partial charge in [0.15, 0.2) is 0 Å². The van der Waals surface area contributed by atoms with E-state index in [-0.39, 0.29) is 11.8 Å². The van der Waals surface area contributed by atoms with Gasteiger partial charge in [0.25, 0.3) is 0 Å². The number of carbonyl (C=O) groups is 2. The highest BCUT2D eigenvalue weighted by Gasteiger charge is 2.28. The molecule has 2 rings (SSSR count). The molecule has 0 spiro atoms. The minimum atomic E-state index is -0.433. The molecule has 2 amide bonds. The second kappa shape index (κ2) is 7.59. The first-order chi connectivity index (χ1) is 10.6. The van der Waals surface area contributed by atoms with E-state index in [0.717, 1.165) is 17.6 Å². The molecule has 0 saturated carbocycles. The van der Waals surface area contributed by atoms with Crippen molar-refractivity contribution in [3.05, 3.63) is 53.7 Å². The third kappa shape index (κ3) is 4.58. The Kier molecular flexibility index (Phi) is 5.53. The lowest BCUT2D eigenvalue weighted by Crippen LogP contribution is -2.50. The lowest BCUT2D eigenvalue weighted by molar-refractivity contribution is -0.135. The summed E-state index contributed by atoms with van der Waals surface area (Å²) in [5.41, 5.74) is 1.97. The first-order valence-corrected chi connectivity index (χ1v) is 7.55. The van der Waals surface area contributed by atoms with Crippen molar-refractivity contribution in [2.75, 3.05) is 6.54 Å². The van der Waals surface area contributed by atoms with E-state index in [0.29, 0.717) is 13.0 Å². The zero-order valence-electron chi connectivity index (χ0n) is 13.1. The van der Waals surface area contributed by atoms with Crippen LogP contribution in [-0.4, -0.2) is 29.3 Å². The maximum Gasteiger partial charge on any atom is 0.249 e. The smallest absolute Gasteiger partial charge is 0.249 e. The second-order valence-corrected chi connectivity index (χ2v) is 5.68. The highest BCUT2D eigenvalue weighted by Crippen LogP contribution is 2.13. The van der Waals surface area contributed by atoms with Crippen LogP contribution in [0.1, 0.15) is 32.3 Å². The number of hydrogen-bond acceptors (Lipinski definition) is 2. The van der Waals surface area contributed by atoms with Crippen molar-refractivity contribution in [1.29, 1.82) is 0 Å². The Bertz CT molecular complexity index is 586. The molecule has 0 aliphatic carbocycles. The summed E-state index contributed by atoms with van der Waals surface area (Å²) in [6.07, 6.45) is 6.81. The van der Waals surface area contributed by atoms with Gasteiger partial charge in [-0.25, -0.2) is 0 Å². The Balaban J connectivity index is 1.99. The Labute approximate surface area is 131 Å². The molecule has 1 aliphatic heterocycles.